The molecule has 7 nitrogen and oxygen atoms in total. The molecule has 1 fully saturated rings. The Balaban J connectivity index is 2.68. The number of carbonyl (C=O) groups excluding carboxylic acids is 1. The number of hydrogen-bond donors (Lipinski definition) is 5. The highest BCUT2D eigenvalue weighted by Gasteiger charge is 2.46. The summed E-state index contributed by atoms with van der Waals surface area (Å²) in [6.07, 6.45) is 2.08. The maximum Gasteiger partial charge on any atom is 0.324 e. The van der Waals surface area contributed by atoms with Gasteiger partial charge in [-0.3, -0.25) is 9.59 Å². The van der Waals surface area contributed by atoms with E-state index in [0.29, 0.717) is 19.2 Å². The van der Waals surface area contributed by atoms with Gasteiger partial charge in [-0.25, -0.2) is 0 Å². The fourth-order valence-corrected chi connectivity index (χ4v) is 3.03. The molecular formula is C14H26BN3O4. The molecule has 0 aromatic rings. The monoisotopic (exact) mass is 311 g/mol. The van der Waals surface area contributed by atoms with E-state index in [2.05, 4.69) is 5.32 Å². The topological polar surface area (TPSA) is 139 Å². The van der Waals surface area contributed by atoms with E-state index in [1.54, 1.807) is 0 Å². The Morgan fingerprint density at radius 3 is 2.59 bits per heavy atom. The number of amides is 1. The van der Waals surface area contributed by atoms with Crippen LogP contribution in [-0.2, 0) is 9.59 Å². The first-order valence-electron chi connectivity index (χ1n) is 7.66. The predicted octanol–water partition coefficient (Wildman–Crippen LogP) is -1.01. The summed E-state index contributed by atoms with van der Waals surface area (Å²) in [4.78, 5) is 23.4. The molecule has 1 amide bonds. The minimum absolute atomic E-state index is 0.136. The standard InChI is InChI=1S/C14H26BN3O4/c1-8(19)11(16)12(20)18-7-10-3-2-9(4-5-15)6-14(10,17)13(21)22/h8-11,19H,2-7,16-17H2,1H3,(H,18,20)(H,21,22)/t8-,9+,10+,11+,14-/m1/s1. The van der Waals surface area contributed by atoms with Crippen LogP contribution in [0, 0.1) is 11.8 Å². The van der Waals surface area contributed by atoms with Gasteiger partial charge in [0.25, 0.3) is 0 Å². The van der Waals surface area contributed by atoms with Gasteiger partial charge in [-0.2, -0.15) is 0 Å². The third-order valence-electron chi connectivity index (χ3n) is 4.60. The molecule has 22 heavy (non-hydrogen) atoms. The number of aliphatic hydroxyl groups excluding tert-OH is 1. The van der Waals surface area contributed by atoms with E-state index in [4.69, 9.17) is 19.3 Å². The lowest BCUT2D eigenvalue weighted by Crippen LogP contribution is -2.60. The highest BCUT2D eigenvalue weighted by molar-refractivity contribution is 6.08. The molecule has 0 aromatic heterocycles. The van der Waals surface area contributed by atoms with Gasteiger partial charge in [0.15, 0.2) is 0 Å². The van der Waals surface area contributed by atoms with Crippen LogP contribution in [-0.4, -0.2) is 54.2 Å². The van der Waals surface area contributed by atoms with Gasteiger partial charge in [0.2, 0.25) is 5.91 Å². The van der Waals surface area contributed by atoms with Gasteiger partial charge in [-0.15, -0.1) is 0 Å². The molecule has 0 bridgehead atoms. The Kier molecular flexibility index (Phi) is 6.83. The summed E-state index contributed by atoms with van der Waals surface area (Å²) < 4.78 is 0. The number of aliphatic hydroxyl groups is 1. The molecular weight excluding hydrogens is 285 g/mol. The molecule has 0 saturated heterocycles. The summed E-state index contributed by atoms with van der Waals surface area (Å²) in [6.45, 7) is 1.56. The lowest BCUT2D eigenvalue weighted by molar-refractivity contribution is -0.148. The van der Waals surface area contributed by atoms with Gasteiger partial charge in [-0.05, 0) is 32.1 Å². The van der Waals surface area contributed by atoms with Crippen molar-refractivity contribution in [2.75, 3.05) is 6.54 Å². The Labute approximate surface area is 132 Å². The predicted molar refractivity (Wildman–Crippen MR) is 83.2 cm³/mol. The maximum absolute atomic E-state index is 11.8. The molecule has 1 saturated carbocycles. The van der Waals surface area contributed by atoms with E-state index in [1.165, 1.54) is 6.92 Å². The molecule has 8 heteroatoms. The highest BCUT2D eigenvalue weighted by atomic mass is 16.4. The zero-order valence-electron chi connectivity index (χ0n) is 13.0. The average Bonchev–Trinajstić information content (AvgIpc) is 2.45. The first kappa shape index (κ1) is 18.9. The number of rotatable bonds is 7. The number of hydrogen-bond acceptors (Lipinski definition) is 5. The van der Waals surface area contributed by atoms with Crippen molar-refractivity contribution in [3.05, 3.63) is 0 Å². The van der Waals surface area contributed by atoms with E-state index in [1.807, 2.05) is 0 Å². The Hall–Kier alpha value is -1.12. The van der Waals surface area contributed by atoms with Gasteiger partial charge < -0.3 is 27.0 Å². The van der Waals surface area contributed by atoms with Crippen LogP contribution in [0.5, 0.6) is 0 Å². The van der Waals surface area contributed by atoms with Crippen LogP contribution in [0.2, 0.25) is 6.32 Å². The van der Waals surface area contributed by atoms with Gasteiger partial charge in [-0.1, -0.05) is 12.7 Å². The summed E-state index contributed by atoms with van der Waals surface area (Å²) in [6, 6.07) is -1.04. The molecule has 0 aromatic carbocycles. The lowest BCUT2D eigenvalue weighted by Gasteiger charge is -2.41. The summed E-state index contributed by atoms with van der Waals surface area (Å²) in [7, 11) is 5.54. The molecule has 0 unspecified atom stereocenters. The fraction of sp³-hybridized carbons (Fsp3) is 0.857. The van der Waals surface area contributed by atoms with Gasteiger partial charge >= 0.3 is 5.97 Å². The summed E-state index contributed by atoms with van der Waals surface area (Å²) in [5.41, 5.74) is 10.3. The quantitative estimate of drug-likeness (QED) is 0.382. The lowest BCUT2D eigenvalue weighted by atomic mass is 9.67. The Morgan fingerprint density at radius 1 is 1.45 bits per heavy atom. The first-order valence-corrected chi connectivity index (χ1v) is 7.66. The molecule has 0 aliphatic heterocycles. The molecule has 124 valence electrons. The Morgan fingerprint density at radius 2 is 2.09 bits per heavy atom. The van der Waals surface area contributed by atoms with Crippen molar-refractivity contribution in [3.8, 4) is 0 Å². The van der Waals surface area contributed by atoms with Crippen LogP contribution in [0.25, 0.3) is 0 Å². The minimum atomic E-state index is -1.37. The molecule has 5 atom stereocenters. The van der Waals surface area contributed by atoms with Crippen molar-refractivity contribution in [3.63, 3.8) is 0 Å². The smallest absolute Gasteiger partial charge is 0.324 e. The van der Waals surface area contributed by atoms with Gasteiger partial charge in [0, 0.05) is 12.5 Å². The molecule has 1 rings (SSSR count). The summed E-state index contributed by atoms with van der Waals surface area (Å²) in [5, 5.41) is 21.4. The van der Waals surface area contributed by atoms with Gasteiger partial charge in [0.05, 0.1) is 14.0 Å². The van der Waals surface area contributed by atoms with Crippen LogP contribution in [0.1, 0.15) is 32.6 Å². The average molecular weight is 311 g/mol. The van der Waals surface area contributed by atoms with Crippen LogP contribution < -0.4 is 16.8 Å². The van der Waals surface area contributed by atoms with Crippen molar-refractivity contribution in [2.45, 2.75) is 56.6 Å². The minimum Gasteiger partial charge on any atom is -0.480 e. The largest absolute Gasteiger partial charge is 0.480 e. The van der Waals surface area contributed by atoms with E-state index in [9.17, 15) is 19.8 Å². The van der Waals surface area contributed by atoms with E-state index in [-0.39, 0.29) is 18.4 Å². The zero-order valence-corrected chi connectivity index (χ0v) is 13.0. The second-order valence-electron chi connectivity index (χ2n) is 6.28. The van der Waals surface area contributed by atoms with Crippen LogP contribution in [0.3, 0.4) is 0 Å². The van der Waals surface area contributed by atoms with Crippen molar-refractivity contribution >= 4 is 19.7 Å². The summed E-state index contributed by atoms with van der Waals surface area (Å²) in [5.74, 6) is -1.75. The fourth-order valence-electron chi connectivity index (χ4n) is 3.03. The normalized spacial score (nSPS) is 31.3. The summed E-state index contributed by atoms with van der Waals surface area (Å²) >= 11 is 0. The second-order valence-corrected chi connectivity index (χ2v) is 6.28. The second kappa shape index (κ2) is 7.94. The molecule has 1 aliphatic carbocycles. The van der Waals surface area contributed by atoms with E-state index in [0.717, 1.165) is 12.8 Å². The zero-order chi connectivity index (χ0) is 16.9. The van der Waals surface area contributed by atoms with Crippen LogP contribution in [0.4, 0.5) is 0 Å². The van der Waals surface area contributed by atoms with E-state index < -0.39 is 29.6 Å². The third-order valence-corrected chi connectivity index (χ3v) is 4.60. The maximum atomic E-state index is 11.8. The SMILES string of the molecule is [B]CC[C@@H]1CC[C@@H](CNC(=O)[C@@H](N)[C@@H](C)O)[C@@](N)(C(=O)O)C1. The number of carboxylic acid groups (broad SMARTS) is 1. The number of carboxylic acids is 1. The van der Waals surface area contributed by atoms with Crippen molar-refractivity contribution in [1.29, 1.82) is 0 Å². The number of nitrogens with one attached hydrogen (secondary N) is 1. The van der Waals surface area contributed by atoms with Crippen molar-refractivity contribution in [1.82, 2.24) is 5.32 Å². The first-order chi connectivity index (χ1) is 10.2. The Bertz CT molecular complexity index is 408. The molecule has 7 N–H and O–H groups in total. The number of nitrogens with two attached hydrogens (primary N) is 2. The van der Waals surface area contributed by atoms with Crippen LogP contribution in [0.15, 0.2) is 0 Å². The molecule has 0 heterocycles. The number of carbonyl (C=O) groups is 2. The van der Waals surface area contributed by atoms with Crippen LogP contribution >= 0.6 is 0 Å². The molecule has 1 aliphatic rings. The van der Waals surface area contributed by atoms with Crippen molar-refractivity contribution in [2.24, 2.45) is 23.3 Å². The molecule has 0 spiro atoms. The molecule has 2 radical (unpaired) electrons. The highest BCUT2D eigenvalue weighted by Crippen LogP contribution is 2.37. The van der Waals surface area contributed by atoms with Gasteiger partial charge in [0.1, 0.15) is 11.6 Å². The number of aliphatic carboxylic acids is 1. The third kappa shape index (κ3) is 4.44. The van der Waals surface area contributed by atoms with Crippen molar-refractivity contribution < 1.29 is 19.8 Å². The van der Waals surface area contributed by atoms with E-state index >= 15 is 0 Å².